The Morgan fingerprint density at radius 2 is 1.81 bits per heavy atom. The molecule has 0 fully saturated rings. The lowest BCUT2D eigenvalue weighted by Gasteiger charge is -2.25. The zero-order valence-electron chi connectivity index (χ0n) is 23.0. The highest BCUT2D eigenvalue weighted by Gasteiger charge is 2.32. The number of carbonyl (C=O) groups excluding carboxylic acids is 1. The summed E-state index contributed by atoms with van der Waals surface area (Å²) < 4.78 is 43.2. The quantitative estimate of drug-likeness (QED) is 0.267. The number of hydrogen-bond donors (Lipinski definition) is 2. The highest BCUT2D eigenvalue weighted by atomic mass is 32.2. The molecule has 1 aromatic heterocycles. The molecule has 0 bridgehead atoms. The van der Waals surface area contributed by atoms with Gasteiger partial charge in [-0.3, -0.25) is 14.2 Å². The fourth-order valence-electron chi connectivity index (χ4n) is 4.95. The van der Waals surface area contributed by atoms with Crippen molar-refractivity contribution in [3.63, 3.8) is 0 Å². The van der Waals surface area contributed by atoms with Gasteiger partial charge in [0.2, 0.25) is 15.7 Å². The summed E-state index contributed by atoms with van der Waals surface area (Å²) >= 11 is 0. The Balaban J connectivity index is 1.88. The Kier molecular flexibility index (Phi) is 8.87. The number of rotatable bonds is 10. The predicted octanol–water partition coefficient (Wildman–Crippen LogP) is 4.90. The molecule has 1 amide bonds. The number of aryl methyl sites for hydroxylation is 1. The third-order valence-corrected chi connectivity index (χ3v) is 8.78. The van der Waals surface area contributed by atoms with Crippen molar-refractivity contribution in [1.29, 1.82) is 5.26 Å². The van der Waals surface area contributed by atoms with E-state index in [1.807, 2.05) is 13.8 Å². The second kappa shape index (κ2) is 12.4. The first kappa shape index (κ1) is 30.1. The van der Waals surface area contributed by atoms with Crippen molar-refractivity contribution in [2.45, 2.75) is 55.4 Å². The first-order valence-electron chi connectivity index (χ1n) is 13.3. The molecule has 0 spiro atoms. The van der Waals surface area contributed by atoms with Gasteiger partial charge < -0.3 is 10.8 Å². The Morgan fingerprint density at radius 1 is 1.12 bits per heavy atom. The number of aromatic hydroxyl groups is 1. The zero-order chi connectivity index (χ0) is 30.6. The minimum absolute atomic E-state index is 0.170. The molecule has 3 aromatic carbocycles. The molecular formula is C31H29FN4O5S. The first-order valence-corrected chi connectivity index (χ1v) is 14.8. The van der Waals surface area contributed by atoms with Crippen molar-refractivity contribution >= 4 is 15.7 Å². The maximum Gasteiger partial charge on any atom is 0.296 e. The van der Waals surface area contributed by atoms with Gasteiger partial charge in [0.05, 0.1) is 28.1 Å². The van der Waals surface area contributed by atoms with E-state index in [0.29, 0.717) is 36.0 Å². The molecule has 1 heterocycles. The molecular weight excluding hydrogens is 559 g/mol. The van der Waals surface area contributed by atoms with Gasteiger partial charge in [-0.2, -0.15) is 10.2 Å². The van der Waals surface area contributed by atoms with Crippen LogP contribution in [0.5, 0.6) is 5.88 Å². The normalized spacial score (nSPS) is 12.0. The Labute approximate surface area is 242 Å². The third kappa shape index (κ3) is 5.66. The van der Waals surface area contributed by atoms with Crippen LogP contribution in [-0.4, -0.2) is 29.0 Å². The number of nitriles is 1. The lowest BCUT2D eigenvalue weighted by molar-refractivity contribution is 0.0997. The summed E-state index contributed by atoms with van der Waals surface area (Å²) in [5.41, 5.74) is 5.43. The molecule has 0 saturated carbocycles. The molecule has 0 aliphatic heterocycles. The molecule has 4 aromatic rings. The number of nitrogens with two attached hydrogens (primary N) is 1. The van der Waals surface area contributed by atoms with Gasteiger partial charge in [-0.15, -0.1) is 0 Å². The number of unbranched alkanes of at least 4 members (excludes halogenated alkanes) is 1. The fraction of sp³-hybridized carbons (Fsp3) is 0.226. The van der Waals surface area contributed by atoms with E-state index in [1.165, 1.54) is 41.0 Å². The Morgan fingerprint density at radius 3 is 2.43 bits per heavy atom. The van der Waals surface area contributed by atoms with E-state index in [0.717, 1.165) is 12.5 Å². The zero-order valence-corrected chi connectivity index (χ0v) is 23.9. The highest BCUT2D eigenvalue weighted by molar-refractivity contribution is 7.91. The summed E-state index contributed by atoms with van der Waals surface area (Å²) in [7, 11) is -4.59. The van der Waals surface area contributed by atoms with Gasteiger partial charge in [-0.1, -0.05) is 56.7 Å². The summed E-state index contributed by atoms with van der Waals surface area (Å²) in [6.07, 6.45) is 2.13. The smallest absolute Gasteiger partial charge is 0.296 e. The fourth-order valence-corrected chi connectivity index (χ4v) is 6.30. The minimum Gasteiger partial charge on any atom is -0.493 e. The largest absolute Gasteiger partial charge is 0.493 e. The Bertz CT molecular complexity index is 1860. The summed E-state index contributed by atoms with van der Waals surface area (Å²) in [4.78, 5) is 28.0. The van der Waals surface area contributed by atoms with Crippen molar-refractivity contribution in [3.8, 4) is 23.1 Å². The topological polar surface area (TPSA) is 156 Å². The molecule has 216 valence electrons. The second-order valence-electron chi connectivity index (χ2n) is 9.68. The molecule has 0 radical (unpaired) electrons. The third-order valence-electron chi connectivity index (χ3n) is 6.99. The maximum atomic E-state index is 14.3. The summed E-state index contributed by atoms with van der Waals surface area (Å²) in [5, 5.41) is 20.9. The van der Waals surface area contributed by atoms with Crippen LogP contribution in [0.15, 0.2) is 81.3 Å². The molecule has 1 unspecified atom stereocenters. The molecule has 0 aliphatic rings. The van der Waals surface area contributed by atoms with E-state index in [2.05, 4.69) is 11.1 Å². The van der Waals surface area contributed by atoms with Crippen LogP contribution in [0.4, 0.5) is 4.39 Å². The minimum atomic E-state index is -4.59. The van der Waals surface area contributed by atoms with E-state index in [4.69, 9.17) is 5.73 Å². The molecule has 0 saturated heterocycles. The van der Waals surface area contributed by atoms with Crippen LogP contribution in [0.1, 0.15) is 66.5 Å². The van der Waals surface area contributed by atoms with E-state index in [1.54, 1.807) is 24.3 Å². The highest BCUT2D eigenvalue weighted by Crippen LogP contribution is 2.34. The standard InChI is InChI=1S/C31H29FN4O5S/c1-3-5-12-26-35-30(38)28(31(39)36(26)25(4-2)21-9-6-8-19(17-21)18-33)42(40,41)22-15-13-20(14-16-22)23-10-7-11-24(32)27(23)29(34)37/h6-11,13-17,25,39H,3-5,12H2,1-2H3,(H2,34,37). The van der Waals surface area contributed by atoms with Crippen LogP contribution in [-0.2, 0) is 16.3 Å². The molecule has 42 heavy (non-hydrogen) atoms. The van der Waals surface area contributed by atoms with Crippen LogP contribution in [0.2, 0.25) is 0 Å². The second-order valence-corrected chi connectivity index (χ2v) is 11.6. The SMILES string of the molecule is CCCCc1nc(=O)c(S(=O)(=O)c2ccc(-c3cccc(F)c3C(N)=O)cc2)c(O)n1C(CC)c1cccc(C#N)c1. The molecule has 1 atom stereocenters. The number of primary amides is 1. The van der Waals surface area contributed by atoms with Crippen LogP contribution in [0.25, 0.3) is 11.1 Å². The molecule has 0 aliphatic carbocycles. The predicted molar refractivity (Wildman–Crippen MR) is 154 cm³/mol. The Hall–Kier alpha value is -4.82. The van der Waals surface area contributed by atoms with Crippen LogP contribution >= 0.6 is 0 Å². The molecule has 4 rings (SSSR count). The van der Waals surface area contributed by atoms with Crippen LogP contribution < -0.4 is 11.3 Å². The van der Waals surface area contributed by atoms with Crippen LogP contribution in [0.3, 0.4) is 0 Å². The number of amides is 1. The van der Waals surface area contributed by atoms with Gasteiger partial charge in [0.25, 0.3) is 11.5 Å². The van der Waals surface area contributed by atoms with Crippen molar-refractivity contribution in [2.24, 2.45) is 5.73 Å². The van der Waals surface area contributed by atoms with Gasteiger partial charge in [-0.25, -0.2) is 12.8 Å². The van der Waals surface area contributed by atoms with Gasteiger partial charge >= 0.3 is 0 Å². The summed E-state index contributed by atoms with van der Waals surface area (Å²) in [5.74, 6) is -2.32. The molecule has 3 N–H and O–H groups in total. The average molecular weight is 589 g/mol. The van der Waals surface area contributed by atoms with E-state index < -0.39 is 43.9 Å². The van der Waals surface area contributed by atoms with E-state index in [-0.39, 0.29) is 21.8 Å². The molecule has 11 heteroatoms. The van der Waals surface area contributed by atoms with E-state index in [9.17, 15) is 32.8 Å². The first-order chi connectivity index (χ1) is 20.0. The van der Waals surface area contributed by atoms with E-state index >= 15 is 0 Å². The van der Waals surface area contributed by atoms with Crippen LogP contribution in [0, 0.1) is 17.1 Å². The number of sulfone groups is 1. The summed E-state index contributed by atoms with van der Waals surface area (Å²) in [6, 6.07) is 17.3. The lowest BCUT2D eigenvalue weighted by Crippen LogP contribution is -2.27. The van der Waals surface area contributed by atoms with Crippen molar-refractivity contribution in [3.05, 3.63) is 105 Å². The summed E-state index contributed by atoms with van der Waals surface area (Å²) in [6.45, 7) is 3.79. The average Bonchev–Trinajstić information content (AvgIpc) is 2.97. The van der Waals surface area contributed by atoms with Gasteiger partial charge in [-0.05, 0) is 59.9 Å². The van der Waals surface area contributed by atoms with Gasteiger partial charge in [0, 0.05) is 6.42 Å². The lowest BCUT2D eigenvalue weighted by atomic mass is 9.99. The number of nitrogens with zero attached hydrogens (tertiary/aromatic N) is 3. The number of hydrogen-bond acceptors (Lipinski definition) is 7. The van der Waals surface area contributed by atoms with Crippen molar-refractivity contribution in [1.82, 2.24) is 9.55 Å². The number of carbonyl (C=O) groups is 1. The van der Waals surface area contributed by atoms with Gasteiger partial charge in [0.1, 0.15) is 11.6 Å². The van der Waals surface area contributed by atoms with Crippen molar-refractivity contribution < 1.29 is 22.7 Å². The maximum absolute atomic E-state index is 14.3. The number of benzene rings is 3. The molecule has 9 nitrogen and oxygen atoms in total. The number of aromatic nitrogens is 2. The van der Waals surface area contributed by atoms with Crippen molar-refractivity contribution in [2.75, 3.05) is 0 Å². The monoisotopic (exact) mass is 588 g/mol. The van der Waals surface area contributed by atoms with Gasteiger partial charge in [0.15, 0.2) is 4.90 Å². The number of halogens is 1.